The van der Waals surface area contributed by atoms with Crippen LogP contribution in [-0.2, 0) is 17.8 Å². The second-order valence-electron chi connectivity index (χ2n) is 5.08. The Labute approximate surface area is 115 Å². The van der Waals surface area contributed by atoms with Crippen LogP contribution in [0.15, 0.2) is 18.7 Å². The highest BCUT2D eigenvalue weighted by molar-refractivity contribution is 5.73. The van der Waals surface area contributed by atoms with Gasteiger partial charge in [-0.3, -0.25) is 4.79 Å². The molecule has 0 saturated heterocycles. The molecule has 8 nitrogen and oxygen atoms in total. The molecule has 3 N–H and O–H groups in total. The minimum Gasteiger partial charge on any atom is -0.480 e. The van der Waals surface area contributed by atoms with E-state index in [9.17, 15) is 4.79 Å². The highest BCUT2D eigenvalue weighted by Crippen LogP contribution is 2.35. The van der Waals surface area contributed by atoms with Crippen molar-refractivity contribution in [2.24, 2.45) is 5.73 Å². The molecule has 1 saturated carbocycles. The van der Waals surface area contributed by atoms with Gasteiger partial charge >= 0.3 is 5.97 Å². The van der Waals surface area contributed by atoms with Gasteiger partial charge in [-0.2, -0.15) is 0 Å². The molecule has 20 heavy (non-hydrogen) atoms. The fourth-order valence-electron chi connectivity index (χ4n) is 2.12. The second-order valence-corrected chi connectivity index (χ2v) is 5.08. The summed E-state index contributed by atoms with van der Waals surface area (Å²) in [5.41, 5.74) is 7.13. The normalized spacial score (nSPS) is 16.2. The number of hydrogen-bond acceptors (Lipinski definition) is 5. The van der Waals surface area contributed by atoms with Crippen LogP contribution in [0.2, 0.25) is 0 Å². The van der Waals surface area contributed by atoms with Crippen molar-refractivity contribution < 1.29 is 9.90 Å². The Morgan fingerprint density at radius 1 is 1.55 bits per heavy atom. The summed E-state index contributed by atoms with van der Waals surface area (Å²) in [5.74, 6) is -1.04. The van der Waals surface area contributed by atoms with Gasteiger partial charge in [0.1, 0.15) is 6.04 Å². The third-order valence-corrected chi connectivity index (χ3v) is 3.34. The minimum absolute atomic E-state index is 0.178. The zero-order valence-electron chi connectivity index (χ0n) is 10.9. The summed E-state index contributed by atoms with van der Waals surface area (Å²) in [6, 6.07) is -0.381. The van der Waals surface area contributed by atoms with Crippen LogP contribution in [0.25, 0.3) is 0 Å². The summed E-state index contributed by atoms with van der Waals surface area (Å²) >= 11 is 0. The van der Waals surface area contributed by atoms with E-state index in [1.165, 1.54) is 12.8 Å². The van der Waals surface area contributed by atoms with Crippen LogP contribution in [0.3, 0.4) is 0 Å². The van der Waals surface area contributed by atoms with Gasteiger partial charge in [0, 0.05) is 18.7 Å². The van der Waals surface area contributed by atoms with Gasteiger partial charge in [-0.05, 0) is 12.8 Å². The number of nitrogens with zero attached hydrogens (tertiary/aromatic N) is 5. The molecule has 1 unspecified atom stereocenters. The Bertz CT molecular complexity index is 615. The quantitative estimate of drug-likeness (QED) is 0.756. The van der Waals surface area contributed by atoms with E-state index in [1.807, 2.05) is 12.5 Å². The van der Waals surface area contributed by atoms with Crippen molar-refractivity contribution in [1.82, 2.24) is 24.5 Å². The van der Waals surface area contributed by atoms with Gasteiger partial charge in [-0.1, -0.05) is 5.21 Å². The first-order valence-electron chi connectivity index (χ1n) is 6.51. The molecule has 1 fully saturated rings. The molecule has 0 spiro atoms. The van der Waals surface area contributed by atoms with Crippen LogP contribution in [-0.4, -0.2) is 41.7 Å². The van der Waals surface area contributed by atoms with Gasteiger partial charge in [0.15, 0.2) is 0 Å². The molecule has 8 heteroatoms. The van der Waals surface area contributed by atoms with Gasteiger partial charge in [-0.15, -0.1) is 5.10 Å². The molecule has 0 aliphatic heterocycles. The van der Waals surface area contributed by atoms with Crippen molar-refractivity contribution >= 4 is 5.97 Å². The molecule has 2 heterocycles. The summed E-state index contributed by atoms with van der Waals surface area (Å²) in [6.07, 6.45) is 7.96. The molecule has 3 rings (SSSR count). The molecule has 1 atom stereocenters. The molecular weight excluding hydrogens is 260 g/mol. The molecule has 2 aromatic heterocycles. The number of nitrogens with two attached hydrogens (primary N) is 1. The first-order valence-corrected chi connectivity index (χ1v) is 6.51. The maximum atomic E-state index is 10.7. The van der Waals surface area contributed by atoms with E-state index < -0.39 is 12.0 Å². The predicted molar refractivity (Wildman–Crippen MR) is 68.9 cm³/mol. The highest BCUT2D eigenvalue weighted by Gasteiger charge is 2.25. The van der Waals surface area contributed by atoms with E-state index in [4.69, 9.17) is 10.8 Å². The maximum absolute atomic E-state index is 10.7. The SMILES string of the molecule is NC(Cc1cn(Cc2cncn2C2CC2)nn1)C(=O)O. The molecule has 0 aromatic carbocycles. The molecule has 1 aliphatic rings. The van der Waals surface area contributed by atoms with E-state index >= 15 is 0 Å². The Morgan fingerprint density at radius 2 is 2.35 bits per heavy atom. The van der Waals surface area contributed by atoms with Crippen LogP contribution < -0.4 is 5.73 Å². The van der Waals surface area contributed by atoms with Crippen molar-refractivity contribution in [3.05, 3.63) is 30.1 Å². The lowest BCUT2D eigenvalue weighted by molar-refractivity contribution is -0.138. The first kappa shape index (κ1) is 12.8. The minimum atomic E-state index is -1.04. The average molecular weight is 276 g/mol. The van der Waals surface area contributed by atoms with E-state index in [2.05, 4.69) is 19.9 Å². The number of carboxylic acid groups (broad SMARTS) is 1. The number of aromatic nitrogens is 5. The van der Waals surface area contributed by atoms with Crippen LogP contribution >= 0.6 is 0 Å². The summed E-state index contributed by atoms with van der Waals surface area (Å²) in [5, 5.41) is 16.7. The predicted octanol–water partition coefficient (Wildman–Crippen LogP) is -0.188. The number of imidazole rings is 1. The molecule has 0 radical (unpaired) electrons. The lowest BCUT2D eigenvalue weighted by Gasteiger charge is -2.05. The van der Waals surface area contributed by atoms with Crippen molar-refractivity contribution in [3.8, 4) is 0 Å². The van der Waals surface area contributed by atoms with E-state index in [-0.39, 0.29) is 6.42 Å². The van der Waals surface area contributed by atoms with Gasteiger partial charge in [0.05, 0.1) is 30.5 Å². The summed E-state index contributed by atoms with van der Waals surface area (Å²) in [6.45, 7) is 0.575. The number of carbonyl (C=O) groups is 1. The topological polar surface area (TPSA) is 112 Å². The molecule has 2 aromatic rings. The second kappa shape index (κ2) is 5.04. The Balaban J connectivity index is 1.67. The first-order chi connectivity index (χ1) is 9.63. The van der Waals surface area contributed by atoms with E-state index in [0.29, 0.717) is 18.3 Å². The van der Waals surface area contributed by atoms with Gasteiger partial charge in [0.2, 0.25) is 0 Å². The smallest absolute Gasteiger partial charge is 0.320 e. The number of carboxylic acids is 1. The number of aliphatic carboxylic acids is 1. The molecule has 1 aliphatic carbocycles. The van der Waals surface area contributed by atoms with Gasteiger partial charge in [0.25, 0.3) is 0 Å². The Morgan fingerprint density at radius 3 is 3.05 bits per heavy atom. The van der Waals surface area contributed by atoms with E-state index in [1.54, 1.807) is 10.9 Å². The molecule has 106 valence electrons. The largest absolute Gasteiger partial charge is 0.480 e. The monoisotopic (exact) mass is 276 g/mol. The van der Waals surface area contributed by atoms with Crippen LogP contribution in [0, 0.1) is 0 Å². The highest BCUT2D eigenvalue weighted by atomic mass is 16.4. The van der Waals surface area contributed by atoms with Crippen molar-refractivity contribution in [1.29, 1.82) is 0 Å². The van der Waals surface area contributed by atoms with E-state index in [0.717, 1.165) is 5.69 Å². The number of hydrogen-bond donors (Lipinski definition) is 2. The van der Waals surface area contributed by atoms with Gasteiger partial charge < -0.3 is 15.4 Å². The third-order valence-electron chi connectivity index (χ3n) is 3.34. The van der Waals surface area contributed by atoms with Crippen molar-refractivity contribution in [2.45, 2.75) is 37.9 Å². The molecule has 0 amide bonds. The average Bonchev–Trinajstić information content (AvgIpc) is 3.00. The lowest BCUT2D eigenvalue weighted by atomic mass is 10.2. The number of rotatable bonds is 6. The Kier molecular flexibility index (Phi) is 3.23. The lowest BCUT2D eigenvalue weighted by Crippen LogP contribution is -2.32. The zero-order valence-corrected chi connectivity index (χ0v) is 10.9. The zero-order chi connectivity index (χ0) is 14.1. The summed E-state index contributed by atoms with van der Waals surface area (Å²) in [7, 11) is 0. The van der Waals surface area contributed by atoms with Crippen molar-refractivity contribution in [3.63, 3.8) is 0 Å². The maximum Gasteiger partial charge on any atom is 0.320 e. The fraction of sp³-hybridized carbons (Fsp3) is 0.500. The van der Waals surface area contributed by atoms with Crippen molar-refractivity contribution in [2.75, 3.05) is 0 Å². The summed E-state index contributed by atoms with van der Waals surface area (Å²) in [4.78, 5) is 14.9. The molecule has 0 bridgehead atoms. The van der Waals surface area contributed by atoms with Crippen LogP contribution in [0.5, 0.6) is 0 Å². The summed E-state index contributed by atoms with van der Waals surface area (Å²) < 4.78 is 3.84. The van der Waals surface area contributed by atoms with Gasteiger partial charge in [-0.25, -0.2) is 9.67 Å². The third kappa shape index (κ3) is 2.69. The molecular formula is C12H16N6O2. The van der Waals surface area contributed by atoms with Crippen LogP contribution in [0.4, 0.5) is 0 Å². The fourth-order valence-corrected chi connectivity index (χ4v) is 2.12. The van der Waals surface area contributed by atoms with Crippen LogP contribution in [0.1, 0.15) is 30.3 Å². The Hall–Kier alpha value is -2.22. The standard InChI is InChI=1S/C12H16N6O2/c13-11(12(19)20)3-8-5-17(16-15-8)6-10-4-14-7-18(10)9-1-2-9/h4-5,7,9,11H,1-3,6,13H2,(H,19,20).